The van der Waals surface area contributed by atoms with Crippen molar-refractivity contribution < 1.29 is 24.1 Å². The van der Waals surface area contributed by atoms with E-state index in [2.05, 4.69) is 0 Å². The van der Waals surface area contributed by atoms with Crippen molar-refractivity contribution in [2.75, 3.05) is 20.8 Å². The number of hydrogen-bond donors (Lipinski definition) is 1. The normalized spacial score (nSPS) is 11.0. The molecule has 0 saturated heterocycles. The standard InChI is InChI=1S/C18H18O5/c1-21-15-8-6-13(7-9-15)14(10-18(19)20)12-23-17-5-3-4-16(11-17)22-2/h3-11H,12H2,1-2H3,(H,19,20). The number of carboxylic acid groups (broad SMARTS) is 1. The van der Waals surface area contributed by atoms with E-state index in [-0.39, 0.29) is 6.61 Å². The number of carbonyl (C=O) groups is 1. The molecule has 0 atom stereocenters. The first-order chi connectivity index (χ1) is 11.1. The minimum Gasteiger partial charge on any atom is -0.497 e. The minimum absolute atomic E-state index is 0.131. The fraction of sp³-hybridized carbons (Fsp3) is 0.167. The van der Waals surface area contributed by atoms with E-state index in [4.69, 9.17) is 19.3 Å². The maximum atomic E-state index is 11.0. The van der Waals surface area contributed by atoms with Gasteiger partial charge in [0.25, 0.3) is 0 Å². The molecule has 0 aliphatic carbocycles. The maximum Gasteiger partial charge on any atom is 0.328 e. The fourth-order valence-electron chi connectivity index (χ4n) is 2.01. The number of hydrogen-bond acceptors (Lipinski definition) is 4. The number of methoxy groups -OCH3 is 2. The highest BCUT2D eigenvalue weighted by Gasteiger charge is 2.07. The molecular weight excluding hydrogens is 296 g/mol. The lowest BCUT2D eigenvalue weighted by Gasteiger charge is -2.11. The second-order valence-corrected chi connectivity index (χ2v) is 4.70. The Labute approximate surface area is 134 Å². The molecule has 2 aromatic carbocycles. The molecule has 0 aliphatic rings. The third-order valence-electron chi connectivity index (χ3n) is 3.19. The average Bonchev–Trinajstić information content (AvgIpc) is 2.58. The van der Waals surface area contributed by atoms with Gasteiger partial charge in [-0.3, -0.25) is 0 Å². The van der Waals surface area contributed by atoms with Crippen LogP contribution in [0.4, 0.5) is 0 Å². The largest absolute Gasteiger partial charge is 0.497 e. The van der Waals surface area contributed by atoms with Gasteiger partial charge in [-0.2, -0.15) is 0 Å². The first-order valence-electron chi connectivity index (χ1n) is 6.97. The third kappa shape index (κ3) is 4.78. The van der Waals surface area contributed by atoms with Crippen molar-refractivity contribution in [1.82, 2.24) is 0 Å². The predicted molar refractivity (Wildman–Crippen MR) is 87.1 cm³/mol. The Morgan fingerprint density at radius 3 is 2.26 bits per heavy atom. The highest BCUT2D eigenvalue weighted by molar-refractivity contribution is 5.90. The molecule has 2 rings (SSSR count). The van der Waals surface area contributed by atoms with Crippen LogP contribution in [0.3, 0.4) is 0 Å². The fourth-order valence-corrected chi connectivity index (χ4v) is 2.01. The summed E-state index contributed by atoms with van der Waals surface area (Å²) >= 11 is 0. The zero-order valence-electron chi connectivity index (χ0n) is 13.0. The summed E-state index contributed by atoms with van der Waals surface area (Å²) in [6.07, 6.45) is 1.14. The molecule has 0 heterocycles. The smallest absolute Gasteiger partial charge is 0.328 e. The molecule has 0 unspecified atom stereocenters. The van der Waals surface area contributed by atoms with Crippen molar-refractivity contribution in [2.45, 2.75) is 0 Å². The summed E-state index contributed by atoms with van der Waals surface area (Å²) in [4.78, 5) is 11.0. The van der Waals surface area contributed by atoms with Crippen LogP contribution in [-0.2, 0) is 4.79 Å². The second-order valence-electron chi connectivity index (χ2n) is 4.70. The lowest BCUT2D eigenvalue weighted by atomic mass is 10.1. The molecule has 120 valence electrons. The van der Waals surface area contributed by atoms with Gasteiger partial charge in [-0.05, 0) is 29.8 Å². The monoisotopic (exact) mass is 314 g/mol. The summed E-state index contributed by atoms with van der Waals surface area (Å²) < 4.78 is 15.9. The van der Waals surface area contributed by atoms with Crippen molar-refractivity contribution in [3.8, 4) is 17.2 Å². The molecule has 1 N–H and O–H groups in total. The van der Waals surface area contributed by atoms with Gasteiger partial charge in [0.15, 0.2) is 0 Å². The molecule has 0 spiro atoms. The van der Waals surface area contributed by atoms with Crippen molar-refractivity contribution >= 4 is 11.5 Å². The van der Waals surface area contributed by atoms with E-state index in [1.807, 2.05) is 12.1 Å². The molecule has 5 heteroatoms. The van der Waals surface area contributed by atoms with Crippen LogP contribution in [0.2, 0.25) is 0 Å². The molecule has 0 radical (unpaired) electrons. The van der Waals surface area contributed by atoms with Crippen molar-refractivity contribution in [1.29, 1.82) is 0 Å². The van der Waals surface area contributed by atoms with Gasteiger partial charge in [0.05, 0.1) is 14.2 Å². The van der Waals surface area contributed by atoms with E-state index < -0.39 is 5.97 Å². The molecule has 0 fully saturated rings. The second kappa shape index (κ2) is 7.89. The highest BCUT2D eigenvalue weighted by atomic mass is 16.5. The third-order valence-corrected chi connectivity index (χ3v) is 3.19. The Bertz CT molecular complexity index is 689. The van der Waals surface area contributed by atoms with E-state index in [0.29, 0.717) is 22.8 Å². The molecule has 0 amide bonds. The minimum atomic E-state index is -1.02. The first kappa shape index (κ1) is 16.4. The Morgan fingerprint density at radius 2 is 1.65 bits per heavy atom. The van der Waals surface area contributed by atoms with E-state index in [1.54, 1.807) is 50.6 Å². The lowest BCUT2D eigenvalue weighted by molar-refractivity contribution is -0.131. The maximum absolute atomic E-state index is 11.0. The molecular formula is C18H18O5. The van der Waals surface area contributed by atoms with Crippen molar-refractivity contribution in [3.63, 3.8) is 0 Å². The Kier molecular flexibility index (Phi) is 5.63. The Hall–Kier alpha value is -2.95. The van der Waals surface area contributed by atoms with Gasteiger partial charge >= 0.3 is 5.97 Å². The Morgan fingerprint density at radius 1 is 1.00 bits per heavy atom. The van der Waals surface area contributed by atoms with Gasteiger partial charge in [0, 0.05) is 17.7 Å². The topological polar surface area (TPSA) is 65.0 Å². The van der Waals surface area contributed by atoms with Crippen LogP contribution in [0.25, 0.3) is 5.57 Å². The SMILES string of the molecule is COc1ccc(C(=CC(=O)O)COc2cccc(OC)c2)cc1. The molecule has 0 aliphatic heterocycles. The number of benzene rings is 2. The zero-order valence-corrected chi connectivity index (χ0v) is 13.0. The van der Waals surface area contributed by atoms with Crippen LogP contribution in [0.15, 0.2) is 54.6 Å². The molecule has 5 nitrogen and oxygen atoms in total. The average molecular weight is 314 g/mol. The van der Waals surface area contributed by atoms with Crippen LogP contribution in [-0.4, -0.2) is 31.9 Å². The van der Waals surface area contributed by atoms with Crippen molar-refractivity contribution in [3.05, 3.63) is 60.2 Å². The summed E-state index contributed by atoms with van der Waals surface area (Å²) in [5.41, 5.74) is 1.32. The molecule has 23 heavy (non-hydrogen) atoms. The van der Waals surface area contributed by atoms with Crippen LogP contribution < -0.4 is 14.2 Å². The van der Waals surface area contributed by atoms with Crippen LogP contribution in [0.5, 0.6) is 17.2 Å². The van der Waals surface area contributed by atoms with Gasteiger partial charge in [-0.15, -0.1) is 0 Å². The van der Waals surface area contributed by atoms with Gasteiger partial charge in [0.2, 0.25) is 0 Å². The molecule has 0 bridgehead atoms. The number of carboxylic acids is 1. The first-order valence-corrected chi connectivity index (χ1v) is 6.97. The predicted octanol–water partition coefficient (Wildman–Crippen LogP) is 3.25. The van der Waals surface area contributed by atoms with Crippen LogP contribution >= 0.6 is 0 Å². The highest BCUT2D eigenvalue weighted by Crippen LogP contribution is 2.23. The quantitative estimate of drug-likeness (QED) is 0.795. The zero-order chi connectivity index (χ0) is 16.7. The summed E-state index contributed by atoms with van der Waals surface area (Å²) in [6.45, 7) is 0.131. The van der Waals surface area contributed by atoms with Crippen molar-refractivity contribution in [2.24, 2.45) is 0 Å². The van der Waals surface area contributed by atoms with E-state index >= 15 is 0 Å². The summed E-state index contributed by atoms with van der Waals surface area (Å²) in [7, 11) is 3.15. The van der Waals surface area contributed by atoms with Crippen LogP contribution in [0, 0.1) is 0 Å². The van der Waals surface area contributed by atoms with Crippen LogP contribution in [0.1, 0.15) is 5.56 Å². The summed E-state index contributed by atoms with van der Waals surface area (Å²) in [5, 5.41) is 9.05. The number of rotatable bonds is 7. The Balaban J connectivity index is 2.17. The lowest BCUT2D eigenvalue weighted by Crippen LogP contribution is -2.04. The van der Waals surface area contributed by atoms with E-state index in [0.717, 1.165) is 11.6 Å². The molecule has 0 saturated carbocycles. The summed E-state index contributed by atoms with van der Waals surface area (Å²) in [6, 6.07) is 14.3. The van der Waals surface area contributed by atoms with Gasteiger partial charge in [-0.25, -0.2) is 4.79 Å². The molecule has 0 aromatic heterocycles. The molecule has 2 aromatic rings. The number of ether oxygens (including phenoxy) is 3. The van der Waals surface area contributed by atoms with E-state index in [1.165, 1.54) is 0 Å². The van der Waals surface area contributed by atoms with E-state index in [9.17, 15) is 4.79 Å². The van der Waals surface area contributed by atoms with Gasteiger partial charge in [-0.1, -0.05) is 18.2 Å². The van der Waals surface area contributed by atoms with Gasteiger partial charge in [0.1, 0.15) is 23.9 Å². The van der Waals surface area contributed by atoms with Gasteiger partial charge < -0.3 is 19.3 Å². The summed E-state index contributed by atoms with van der Waals surface area (Å²) in [5.74, 6) is 0.965. The number of aliphatic carboxylic acids is 1.